The van der Waals surface area contributed by atoms with Crippen molar-refractivity contribution in [1.82, 2.24) is 0 Å². The highest BCUT2D eigenvalue weighted by Gasteiger charge is 2.34. The van der Waals surface area contributed by atoms with Crippen molar-refractivity contribution >= 4 is 0 Å². The third-order valence-electron chi connectivity index (χ3n) is 2.10. The fraction of sp³-hybridized carbons (Fsp3) is 1.00. The molecule has 4 nitrogen and oxygen atoms in total. The first-order valence-corrected chi connectivity index (χ1v) is 4.01. The number of hydrogen-bond acceptors (Lipinski definition) is 4. The third-order valence-corrected chi connectivity index (χ3v) is 2.10. The Bertz CT molecular complexity index is 146. The van der Waals surface area contributed by atoms with E-state index in [0.29, 0.717) is 0 Å². The smallest absolute Gasteiger partial charge is 0.158 e. The zero-order valence-electron chi connectivity index (χ0n) is 8.30. The van der Waals surface area contributed by atoms with Gasteiger partial charge in [-0.2, -0.15) is 0 Å². The van der Waals surface area contributed by atoms with Gasteiger partial charge in [0, 0.05) is 14.9 Å². The Kier molecular flexibility index (Phi) is 2.94. The summed E-state index contributed by atoms with van der Waals surface area (Å²) in [5.74, 6) is -0.254. The van der Waals surface area contributed by atoms with Crippen molar-refractivity contribution in [3.05, 3.63) is 0 Å². The van der Waals surface area contributed by atoms with E-state index in [1.165, 1.54) is 7.11 Å². The van der Waals surface area contributed by atoms with Crippen LogP contribution >= 0.6 is 0 Å². The molecular weight excluding hydrogens is 160 g/mol. The maximum Gasteiger partial charge on any atom is 0.158 e. The highest BCUT2D eigenvalue weighted by atomic mass is 16.7. The van der Waals surface area contributed by atoms with Gasteiger partial charge >= 0.3 is 0 Å². The van der Waals surface area contributed by atoms with Gasteiger partial charge in [0.05, 0.1) is 12.7 Å². The zero-order valence-corrected chi connectivity index (χ0v) is 7.30. The molecule has 0 radical (unpaired) electrons. The van der Waals surface area contributed by atoms with Crippen LogP contribution in [0.15, 0.2) is 0 Å². The summed E-state index contributed by atoms with van der Waals surface area (Å²) in [6.07, 6.45) is -2.70. The van der Waals surface area contributed by atoms with Gasteiger partial charge in [0.1, 0.15) is 6.10 Å². The lowest BCUT2D eigenvalue weighted by molar-refractivity contribution is -0.234. The Hall–Kier alpha value is -0.160. The van der Waals surface area contributed by atoms with E-state index >= 15 is 0 Å². The Balaban J connectivity index is 2.66. The molecule has 1 heterocycles. The number of methoxy groups -OCH3 is 1. The summed E-state index contributed by atoms with van der Waals surface area (Å²) in [6, 6.07) is 0. The van der Waals surface area contributed by atoms with Gasteiger partial charge in [-0.1, -0.05) is 6.92 Å². The molecule has 0 aromatic heterocycles. The Morgan fingerprint density at radius 3 is 2.92 bits per heavy atom. The van der Waals surface area contributed by atoms with Crippen molar-refractivity contribution in [1.29, 1.82) is 0 Å². The van der Waals surface area contributed by atoms with Gasteiger partial charge in [-0.3, -0.25) is 0 Å². The van der Waals surface area contributed by atoms with Crippen LogP contribution in [0.25, 0.3) is 0 Å². The highest BCUT2D eigenvalue weighted by Crippen LogP contribution is 2.25. The molecule has 1 rings (SSSR count). The van der Waals surface area contributed by atoms with Gasteiger partial charge in [0.15, 0.2) is 6.29 Å². The molecule has 0 aromatic rings. The van der Waals surface area contributed by atoms with Crippen molar-refractivity contribution in [2.24, 2.45) is 5.92 Å². The lowest BCUT2D eigenvalue weighted by atomic mass is 9.93. The van der Waals surface area contributed by atoms with Crippen LogP contribution in [0.1, 0.15) is 14.7 Å². The maximum atomic E-state index is 9.56. The summed E-state index contributed by atoms with van der Waals surface area (Å²) in [7, 11) is 1.45. The largest absolute Gasteiger partial charge is 0.394 e. The molecule has 12 heavy (non-hydrogen) atoms. The minimum atomic E-state index is -0.793. The fourth-order valence-corrected chi connectivity index (χ4v) is 1.28. The van der Waals surface area contributed by atoms with Gasteiger partial charge in [0.2, 0.25) is 0 Å². The molecule has 0 amide bonds. The lowest BCUT2D eigenvalue weighted by Crippen LogP contribution is -2.46. The van der Waals surface area contributed by atoms with Gasteiger partial charge < -0.3 is 19.7 Å². The van der Waals surface area contributed by atoms with Crippen LogP contribution in [0.2, 0.25) is 0 Å². The molecule has 0 bridgehead atoms. The first-order chi connectivity index (χ1) is 6.11. The van der Waals surface area contributed by atoms with E-state index in [9.17, 15) is 5.11 Å². The second-order valence-corrected chi connectivity index (χ2v) is 3.00. The molecule has 72 valence electrons. The quantitative estimate of drug-likeness (QED) is 0.610. The van der Waals surface area contributed by atoms with Gasteiger partial charge in [-0.15, -0.1) is 0 Å². The molecule has 1 aliphatic heterocycles. The van der Waals surface area contributed by atoms with E-state index in [-0.39, 0.29) is 12.5 Å². The highest BCUT2D eigenvalue weighted by molar-refractivity contribution is 4.79. The minimum Gasteiger partial charge on any atom is -0.394 e. The summed E-state index contributed by atoms with van der Waals surface area (Å²) >= 11 is 0. The van der Waals surface area contributed by atoms with Crippen molar-refractivity contribution in [3.63, 3.8) is 0 Å². The average Bonchev–Trinajstić information content (AvgIpc) is 2.15. The Morgan fingerprint density at radius 2 is 2.42 bits per heavy atom. The first-order valence-electron chi connectivity index (χ1n) is 4.59. The number of ether oxygens (including phenoxy) is 2. The molecule has 4 heteroatoms. The molecule has 2 unspecified atom stereocenters. The molecule has 0 saturated carbocycles. The number of rotatable bonds is 2. The molecule has 2 N–H and O–H groups in total. The van der Waals surface area contributed by atoms with E-state index < -0.39 is 24.9 Å². The summed E-state index contributed by atoms with van der Waals surface area (Å²) in [4.78, 5) is 0. The molecule has 5 atom stereocenters. The second kappa shape index (κ2) is 4.18. The van der Waals surface area contributed by atoms with E-state index in [4.69, 9.17) is 16.0 Å². The summed E-state index contributed by atoms with van der Waals surface area (Å²) in [5.41, 5.74) is 0. The van der Waals surface area contributed by atoms with Crippen LogP contribution in [-0.2, 0) is 9.47 Å². The van der Waals surface area contributed by atoms with Crippen LogP contribution in [0, 0.1) is 5.92 Å². The average molecular weight is 177 g/mol. The van der Waals surface area contributed by atoms with Crippen LogP contribution in [0.5, 0.6) is 0 Å². The standard InChI is InChI=1S/C8H16O4/c1-5-3-7(11-2)12-6(4-9)8(5)10/h5-10H,3-4H2,1-2H3/t5-,6?,7+,8+/m1/s1/i3D/t3?,5-,6?,7+,8+. The number of aliphatic hydroxyl groups is 2. The lowest BCUT2D eigenvalue weighted by Gasteiger charge is -2.36. The van der Waals surface area contributed by atoms with E-state index in [2.05, 4.69) is 0 Å². The molecule has 0 spiro atoms. The molecular formula is C8H16O4. The van der Waals surface area contributed by atoms with Crippen LogP contribution in [0.4, 0.5) is 0 Å². The van der Waals surface area contributed by atoms with Crippen molar-refractivity contribution in [3.8, 4) is 0 Å². The van der Waals surface area contributed by atoms with Crippen LogP contribution < -0.4 is 0 Å². The predicted octanol–water partition coefficient (Wildman–Crippen LogP) is -0.263. The maximum absolute atomic E-state index is 9.56. The zero-order chi connectivity index (χ0) is 10.0. The Morgan fingerprint density at radius 1 is 1.75 bits per heavy atom. The fourth-order valence-electron chi connectivity index (χ4n) is 1.28. The topological polar surface area (TPSA) is 58.9 Å². The summed E-state index contributed by atoms with van der Waals surface area (Å²) in [6.45, 7) is 1.50. The Labute approximate surface area is 73.5 Å². The predicted molar refractivity (Wildman–Crippen MR) is 42.5 cm³/mol. The molecule has 1 aliphatic rings. The van der Waals surface area contributed by atoms with Crippen LogP contribution in [0.3, 0.4) is 0 Å². The van der Waals surface area contributed by atoms with Gasteiger partial charge in [-0.05, 0) is 5.92 Å². The van der Waals surface area contributed by atoms with Gasteiger partial charge in [-0.25, -0.2) is 0 Å². The van der Waals surface area contributed by atoms with Crippen molar-refractivity contribution < 1.29 is 21.1 Å². The SMILES string of the molecule is [2H]C1[C@@H](OC)OC(CO)[C@@H](O)[C@@H]1C. The van der Waals surface area contributed by atoms with E-state index in [1.54, 1.807) is 6.92 Å². The van der Waals surface area contributed by atoms with E-state index in [1.807, 2.05) is 0 Å². The number of aliphatic hydroxyl groups excluding tert-OH is 2. The molecule has 1 fully saturated rings. The van der Waals surface area contributed by atoms with Gasteiger partial charge in [0.25, 0.3) is 0 Å². The van der Waals surface area contributed by atoms with Crippen molar-refractivity contribution in [2.45, 2.75) is 31.8 Å². The summed E-state index contributed by atoms with van der Waals surface area (Å²) in [5, 5.41) is 18.4. The van der Waals surface area contributed by atoms with Crippen LogP contribution in [-0.4, -0.2) is 42.4 Å². The van der Waals surface area contributed by atoms with E-state index in [0.717, 1.165) is 0 Å². The minimum absolute atomic E-state index is 0.252. The third kappa shape index (κ3) is 1.95. The molecule has 0 aliphatic carbocycles. The normalized spacial score (nSPS) is 50.3. The summed E-state index contributed by atoms with van der Waals surface area (Å²) < 4.78 is 17.7. The number of hydrogen-bond donors (Lipinski definition) is 2. The monoisotopic (exact) mass is 177 g/mol. The second-order valence-electron chi connectivity index (χ2n) is 3.00. The van der Waals surface area contributed by atoms with Crippen molar-refractivity contribution in [2.75, 3.05) is 13.7 Å². The molecule has 1 saturated heterocycles. The molecule has 0 aromatic carbocycles. The first kappa shape index (κ1) is 8.44.